The molecule has 2 N–H and O–H groups in total. The lowest BCUT2D eigenvalue weighted by Crippen LogP contribution is -2.17. The van der Waals surface area contributed by atoms with Gasteiger partial charge in [-0.3, -0.25) is 4.79 Å². The molecule has 2 rings (SSSR count). The van der Waals surface area contributed by atoms with E-state index in [1.165, 1.54) is 38.6 Å². The minimum Gasteiger partial charge on any atom is -0.502 e. The summed E-state index contributed by atoms with van der Waals surface area (Å²) in [5, 5.41) is 14.3. The average molecular weight is 369 g/mol. The van der Waals surface area contributed by atoms with Crippen molar-refractivity contribution in [2.24, 2.45) is 5.10 Å². The van der Waals surface area contributed by atoms with Crippen LogP contribution in [0.2, 0.25) is 10.0 Å². The second kappa shape index (κ2) is 7.90. The van der Waals surface area contributed by atoms with Crippen molar-refractivity contribution in [1.82, 2.24) is 5.43 Å². The molecule has 0 atom stereocenters. The molecule has 126 valence electrons. The van der Waals surface area contributed by atoms with Gasteiger partial charge in [-0.1, -0.05) is 23.2 Å². The molecule has 8 heteroatoms. The Morgan fingerprint density at radius 2 is 1.75 bits per heavy atom. The van der Waals surface area contributed by atoms with Gasteiger partial charge in [-0.25, -0.2) is 5.43 Å². The summed E-state index contributed by atoms with van der Waals surface area (Å²) in [5.41, 5.74) is 3.26. The summed E-state index contributed by atoms with van der Waals surface area (Å²) in [6.07, 6.45) is 1.39. The third kappa shape index (κ3) is 4.10. The Hall–Kier alpha value is -2.44. The van der Waals surface area contributed by atoms with Crippen molar-refractivity contribution in [3.8, 4) is 17.2 Å². The number of phenolic OH excluding ortho intramolecular Hbond substituents is 1. The van der Waals surface area contributed by atoms with Crippen LogP contribution in [0.15, 0.2) is 35.4 Å². The van der Waals surface area contributed by atoms with E-state index in [0.717, 1.165) is 0 Å². The maximum absolute atomic E-state index is 12.0. The molecule has 6 nitrogen and oxygen atoms in total. The lowest BCUT2D eigenvalue weighted by Gasteiger charge is -2.09. The van der Waals surface area contributed by atoms with E-state index in [1.807, 2.05) is 0 Å². The van der Waals surface area contributed by atoms with Gasteiger partial charge in [-0.2, -0.15) is 5.10 Å². The highest BCUT2D eigenvalue weighted by atomic mass is 35.5. The van der Waals surface area contributed by atoms with Gasteiger partial charge in [0.25, 0.3) is 5.91 Å². The number of hydrogen-bond donors (Lipinski definition) is 2. The predicted molar refractivity (Wildman–Crippen MR) is 92.7 cm³/mol. The smallest absolute Gasteiger partial charge is 0.271 e. The van der Waals surface area contributed by atoms with E-state index in [1.54, 1.807) is 12.1 Å². The van der Waals surface area contributed by atoms with Crippen LogP contribution in [0.4, 0.5) is 0 Å². The Bertz CT molecular complexity index is 769. The zero-order valence-corrected chi connectivity index (χ0v) is 14.4. The van der Waals surface area contributed by atoms with Crippen molar-refractivity contribution in [2.75, 3.05) is 14.2 Å². The van der Waals surface area contributed by atoms with Gasteiger partial charge in [0.1, 0.15) is 0 Å². The highest BCUT2D eigenvalue weighted by Crippen LogP contribution is 2.36. The number of hydrazone groups is 1. The summed E-state index contributed by atoms with van der Waals surface area (Å²) in [4.78, 5) is 12.0. The number of amides is 1. The molecule has 0 radical (unpaired) electrons. The number of halogens is 2. The Kier molecular flexibility index (Phi) is 5.89. The van der Waals surface area contributed by atoms with Gasteiger partial charge < -0.3 is 14.6 Å². The first-order chi connectivity index (χ1) is 11.5. The first-order valence-electron chi connectivity index (χ1n) is 6.69. The van der Waals surface area contributed by atoms with Gasteiger partial charge in [0.05, 0.1) is 30.5 Å². The van der Waals surface area contributed by atoms with Gasteiger partial charge in [0, 0.05) is 11.1 Å². The van der Waals surface area contributed by atoms with Crippen LogP contribution in [-0.2, 0) is 0 Å². The Balaban J connectivity index is 2.13. The predicted octanol–water partition coefficient (Wildman–Crippen LogP) is 3.48. The summed E-state index contributed by atoms with van der Waals surface area (Å²) in [5.74, 6) is -0.0993. The molecule has 1 amide bonds. The number of nitrogens with one attached hydrogen (secondary N) is 1. The van der Waals surface area contributed by atoms with Gasteiger partial charge in [0.2, 0.25) is 5.75 Å². The molecular formula is C16H14Cl2N2O4. The maximum Gasteiger partial charge on any atom is 0.271 e. The molecule has 0 aliphatic rings. The summed E-state index contributed by atoms with van der Waals surface area (Å²) in [6, 6.07) is 7.60. The largest absolute Gasteiger partial charge is 0.502 e. The van der Waals surface area contributed by atoms with Crippen LogP contribution in [0, 0.1) is 0 Å². The monoisotopic (exact) mass is 368 g/mol. The molecule has 0 spiro atoms. The Morgan fingerprint density at radius 3 is 2.29 bits per heavy atom. The third-order valence-electron chi connectivity index (χ3n) is 3.06. The molecular weight excluding hydrogens is 355 g/mol. The van der Waals surface area contributed by atoms with Crippen LogP contribution in [0.5, 0.6) is 17.2 Å². The number of aromatic hydroxyl groups is 1. The zero-order valence-electron chi connectivity index (χ0n) is 12.8. The summed E-state index contributed by atoms with van der Waals surface area (Å²) in [6.45, 7) is 0. The molecule has 24 heavy (non-hydrogen) atoms. The van der Waals surface area contributed by atoms with Crippen LogP contribution < -0.4 is 14.9 Å². The minimum absolute atomic E-state index is 0.114. The quantitative estimate of drug-likeness (QED) is 0.625. The summed E-state index contributed by atoms with van der Waals surface area (Å²) < 4.78 is 10.1. The van der Waals surface area contributed by atoms with Crippen molar-refractivity contribution < 1.29 is 19.4 Å². The average Bonchev–Trinajstić information content (AvgIpc) is 2.58. The molecule has 0 saturated carbocycles. The summed E-state index contributed by atoms with van der Waals surface area (Å²) >= 11 is 11.7. The van der Waals surface area contributed by atoms with E-state index in [2.05, 4.69) is 10.5 Å². The van der Waals surface area contributed by atoms with Crippen molar-refractivity contribution in [2.45, 2.75) is 0 Å². The second-order valence-corrected chi connectivity index (χ2v) is 5.42. The molecule has 2 aromatic rings. The normalized spacial score (nSPS) is 10.7. The van der Waals surface area contributed by atoms with E-state index in [4.69, 9.17) is 32.7 Å². The van der Waals surface area contributed by atoms with Crippen molar-refractivity contribution in [3.63, 3.8) is 0 Å². The van der Waals surface area contributed by atoms with Gasteiger partial charge in [-0.05, 0) is 30.3 Å². The molecule has 0 aromatic heterocycles. The van der Waals surface area contributed by atoms with Crippen molar-refractivity contribution in [3.05, 3.63) is 51.5 Å². The van der Waals surface area contributed by atoms with Gasteiger partial charge in [-0.15, -0.1) is 0 Å². The minimum atomic E-state index is -0.442. The molecule has 0 aliphatic carbocycles. The lowest BCUT2D eigenvalue weighted by molar-refractivity contribution is 0.0955. The van der Waals surface area contributed by atoms with Crippen molar-refractivity contribution >= 4 is 35.3 Å². The maximum atomic E-state index is 12.0. The fourth-order valence-electron chi connectivity index (χ4n) is 1.86. The molecule has 0 heterocycles. The van der Waals surface area contributed by atoms with Crippen LogP contribution in [0.25, 0.3) is 0 Å². The van der Waals surface area contributed by atoms with Crippen LogP contribution >= 0.6 is 23.2 Å². The number of rotatable bonds is 5. The Morgan fingerprint density at radius 1 is 1.12 bits per heavy atom. The van der Waals surface area contributed by atoms with E-state index < -0.39 is 5.91 Å². The fraction of sp³-hybridized carbons (Fsp3) is 0.125. The van der Waals surface area contributed by atoms with E-state index >= 15 is 0 Å². The van der Waals surface area contributed by atoms with Gasteiger partial charge in [0.15, 0.2) is 11.5 Å². The van der Waals surface area contributed by atoms with E-state index in [-0.39, 0.29) is 22.3 Å². The first kappa shape index (κ1) is 17.9. The number of phenols is 1. The topological polar surface area (TPSA) is 80.2 Å². The van der Waals surface area contributed by atoms with Crippen LogP contribution in [0.1, 0.15) is 15.9 Å². The molecule has 2 aromatic carbocycles. The van der Waals surface area contributed by atoms with E-state index in [9.17, 15) is 9.90 Å². The number of benzene rings is 2. The van der Waals surface area contributed by atoms with Crippen LogP contribution in [-0.4, -0.2) is 31.4 Å². The molecule has 0 aliphatic heterocycles. The Labute approximate surface area is 148 Å². The summed E-state index contributed by atoms with van der Waals surface area (Å²) in [7, 11) is 2.84. The number of carbonyl (C=O) groups excluding carboxylic acids is 1. The SMILES string of the molecule is COc1cc(/C=N\NC(=O)c2ccc(Cl)c(Cl)c2)cc(OC)c1O. The number of ether oxygens (including phenoxy) is 2. The molecule has 0 bridgehead atoms. The fourth-order valence-corrected chi connectivity index (χ4v) is 2.15. The number of carbonyl (C=O) groups is 1. The molecule has 0 saturated heterocycles. The van der Waals surface area contributed by atoms with Crippen LogP contribution in [0.3, 0.4) is 0 Å². The highest BCUT2D eigenvalue weighted by Gasteiger charge is 2.10. The molecule has 0 unspecified atom stereocenters. The van der Waals surface area contributed by atoms with Crippen molar-refractivity contribution in [1.29, 1.82) is 0 Å². The number of hydrogen-bond acceptors (Lipinski definition) is 5. The number of methoxy groups -OCH3 is 2. The highest BCUT2D eigenvalue weighted by molar-refractivity contribution is 6.42. The van der Waals surface area contributed by atoms with Gasteiger partial charge >= 0.3 is 0 Å². The molecule has 0 fully saturated rings. The third-order valence-corrected chi connectivity index (χ3v) is 3.80. The lowest BCUT2D eigenvalue weighted by atomic mass is 10.2. The first-order valence-corrected chi connectivity index (χ1v) is 7.45. The van der Waals surface area contributed by atoms with E-state index in [0.29, 0.717) is 16.1 Å². The standard InChI is InChI=1S/C16H14Cl2N2O4/c1-23-13-5-9(6-14(24-2)15(13)21)8-19-20-16(22)10-3-4-11(17)12(18)7-10/h3-8,21H,1-2H3,(H,20,22)/b19-8-. The zero-order chi connectivity index (χ0) is 17.7. The second-order valence-electron chi connectivity index (χ2n) is 4.60. The number of nitrogens with zero attached hydrogens (tertiary/aromatic N) is 1.